The molecule has 0 spiro atoms. The van der Waals surface area contributed by atoms with Crippen molar-refractivity contribution in [2.24, 2.45) is 13.0 Å². The Bertz CT molecular complexity index is 596. The van der Waals surface area contributed by atoms with E-state index in [0.717, 1.165) is 23.8 Å². The molecule has 3 rings (SSSR count). The van der Waals surface area contributed by atoms with Crippen LogP contribution in [-0.4, -0.2) is 20.8 Å². The average molecular weight is 272 g/mol. The van der Waals surface area contributed by atoms with Crippen LogP contribution >= 0.6 is 0 Å². The first-order valence-corrected chi connectivity index (χ1v) is 7.67. The van der Waals surface area contributed by atoms with Crippen LogP contribution in [0.3, 0.4) is 0 Å². The van der Waals surface area contributed by atoms with Gasteiger partial charge in [0.15, 0.2) is 5.65 Å². The van der Waals surface area contributed by atoms with E-state index in [9.17, 15) is 0 Å². The Morgan fingerprint density at radius 1 is 1.40 bits per heavy atom. The first kappa shape index (κ1) is 13.6. The summed E-state index contributed by atoms with van der Waals surface area (Å²) in [4.78, 5) is 4.54. The zero-order chi connectivity index (χ0) is 14.1. The average Bonchev–Trinajstić information content (AvgIpc) is 3.06. The minimum absolute atomic E-state index is 0.600. The quantitative estimate of drug-likeness (QED) is 0.930. The fourth-order valence-corrected chi connectivity index (χ4v) is 3.35. The van der Waals surface area contributed by atoms with Crippen LogP contribution in [0.25, 0.3) is 11.0 Å². The second kappa shape index (κ2) is 5.52. The summed E-state index contributed by atoms with van der Waals surface area (Å²) in [5, 5.41) is 9.25. The van der Waals surface area contributed by atoms with Gasteiger partial charge in [-0.2, -0.15) is 5.10 Å². The van der Waals surface area contributed by atoms with Crippen LogP contribution in [-0.2, 0) is 13.6 Å². The Hall–Kier alpha value is -1.42. The fraction of sp³-hybridized carbons (Fsp3) is 0.625. The van der Waals surface area contributed by atoms with Crippen molar-refractivity contribution in [3.05, 3.63) is 23.5 Å². The van der Waals surface area contributed by atoms with E-state index in [1.807, 2.05) is 24.9 Å². The third-order valence-corrected chi connectivity index (χ3v) is 4.65. The van der Waals surface area contributed by atoms with E-state index in [1.165, 1.54) is 36.6 Å². The summed E-state index contributed by atoms with van der Waals surface area (Å²) in [5.41, 5.74) is 3.27. The molecule has 0 saturated heterocycles. The molecule has 0 radical (unpaired) electrons. The van der Waals surface area contributed by atoms with E-state index in [2.05, 4.69) is 28.4 Å². The van der Waals surface area contributed by atoms with Gasteiger partial charge in [0.1, 0.15) is 0 Å². The van der Waals surface area contributed by atoms with Gasteiger partial charge in [0.25, 0.3) is 0 Å². The molecule has 2 aromatic heterocycles. The van der Waals surface area contributed by atoms with Gasteiger partial charge in [-0.05, 0) is 44.2 Å². The molecule has 0 aromatic carbocycles. The molecular weight excluding hydrogens is 248 g/mol. The Balaban J connectivity index is 1.69. The summed E-state index contributed by atoms with van der Waals surface area (Å²) < 4.78 is 1.85. The number of aromatic nitrogens is 3. The van der Waals surface area contributed by atoms with Gasteiger partial charge in [0.2, 0.25) is 0 Å². The summed E-state index contributed by atoms with van der Waals surface area (Å²) >= 11 is 0. The predicted molar refractivity (Wildman–Crippen MR) is 81.5 cm³/mol. The molecular formula is C16H24N4. The van der Waals surface area contributed by atoms with Crippen LogP contribution in [0, 0.1) is 12.8 Å². The molecule has 2 heterocycles. The number of nitrogens with one attached hydrogen (secondary N) is 1. The van der Waals surface area contributed by atoms with E-state index in [1.54, 1.807) is 0 Å². The van der Waals surface area contributed by atoms with Crippen molar-refractivity contribution in [3.8, 4) is 0 Å². The summed E-state index contributed by atoms with van der Waals surface area (Å²) in [6, 6.07) is 2.82. The molecule has 1 aliphatic rings. The molecule has 4 heteroatoms. The molecule has 1 aliphatic carbocycles. The van der Waals surface area contributed by atoms with Gasteiger partial charge in [-0.25, -0.2) is 4.98 Å². The van der Waals surface area contributed by atoms with Crippen LogP contribution in [0.2, 0.25) is 0 Å². The Morgan fingerprint density at radius 3 is 2.90 bits per heavy atom. The molecule has 108 valence electrons. The topological polar surface area (TPSA) is 42.7 Å². The highest BCUT2D eigenvalue weighted by atomic mass is 15.3. The lowest BCUT2D eigenvalue weighted by Crippen LogP contribution is -2.31. The van der Waals surface area contributed by atoms with Crippen LogP contribution < -0.4 is 5.32 Å². The molecule has 1 fully saturated rings. The predicted octanol–water partition coefficient (Wildman–Crippen LogP) is 2.95. The van der Waals surface area contributed by atoms with Crippen molar-refractivity contribution in [2.75, 3.05) is 0 Å². The van der Waals surface area contributed by atoms with Crippen molar-refractivity contribution in [1.29, 1.82) is 0 Å². The highest BCUT2D eigenvalue weighted by Gasteiger charge is 2.20. The highest BCUT2D eigenvalue weighted by Crippen LogP contribution is 2.27. The number of hydrogen-bond donors (Lipinski definition) is 1. The molecule has 0 unspecified atom stereocenters. The van der Waals surface area contributed by atoms with E-state index >= 15 is 0 Å². The lowest BCUT2D eigenvalue weighted by atomic mass is 9.99. The lowest BCUT2D eigenvalue weighted by Gasteiger charge is -2.20. The van der Waals surface area contributed by atoms with Crippen molar-refractivity contribution >= 4 is 11.0 Å². The number of rotatable bonds is 4. The lowest BCUT2D eigenvalue weighted by molar-refractivity contribution is 0.380. The fourth-order valence-electron chi connectivity index (χ4n) is 3.35. The van der Waals surface area contributed by atoms with Crippen LogP contribution in [0.15, 0.2) is 12.3 Å². The van der Waals surface area contributed by atoms with Gasteiger partial charge in [0, 0.05) is 31.2 Å². The van der Waals surface area contributed by atoms with E-state index in [4.69, 9.17) is 0 Å². The zero-order valence-corrected chi connectivity index (χ0v) is 12.7. The number of aryl methyl sites for hydroxylation is 2. The number of hydrogen-bond acceptors (Lipinski definition) is 3. The number of pyridine rings is 1. The van der Waals surface area contributed by atoms with Crippen LogP contribution in [0.4, 0.5) is 0 Å². The van der Waals surface area contributed by atoms with Gasteiger partial charge >= 0.3 is 0 Å². The summed E-state index contributed by atoms with van der Waals surface area (Å²) in [5.74, 6) is 0.854. The second-order valence-electron chi connectivity index (χ2n) is 6.14. The molecule has 0 aliphatic heterocycles. The number of fused-ring (bicyclic) bond motifs is 1. The maximum atomic E-state index is 4.54. The molecule has 1 N–H and O–H groups in total. The van der Waals surface area contributed by atoms with Crippen LogP contribution in [0.5, 0.6) is 0 Å². The minimum Gasteiger partial charge on any atom is -0.310 e. The third-order valence-electron chi connectivity index (χ3n) is 4.65. The molecule has 4 nitrogen and oxygen atoms in total. The molecule has 2 aromatic rings. The monoisotopic (exact) mass is 272 g/mol. The first-order chi connectivity index (χ1) is 9.65. The molecule has 20 heavy (non-hydrogen) atoms. The second-order valence-corrected chi connectivity index (χ2v) is 6.14. The Kier molecular flexibility index (Phi) is 3.74. The zero-order valence-electron chi connectivity index (χ0n) is 12.7. The standard InChI is InChI=1S/C16H24N4/c1-11(14-6-4-5-7-14)17-9-13-8-15-12(2)19-20(3)16(15)18-10-13/h8,10-11,14,17H,4-7,9H2,1-3H3/t11-/m0/s1. The Labute approximate surface area is 120 Å². The summed E-state index contributed by atoms with van der Waals surface area (Å²) in [6.07, 6.45) is 7.54. The van der Waals surface area contributed by atoms with Crippen LogP contribution in [0.1, 0.15) is 43.9 Å². The van der Waals surface area contributed by atoms with E-state index in [-0.39, 0.29) is 0 Å². The van der Waals surface area contributed by atoms with Crippen molar-refractivity contribution in [2.45, 2.75) is 52.1 Å². The maximum absolute atomic E-state index is 4.54. The summed E-state index contributed by atoms with van der Waals surface area (Å²) in [7, 11) is 1.95. The summed E-state index contributed by atoms with van der Waals surface area (Å²) in [6.45, 7) is 5.26. The molecule has 0 amide bonds. The largest absolute Gasteiger partial charge is 0.310 e. The normalized spacial score (nSPS) is 17.9. The van der Waals surface area contributed by atoms with Gasteiger partial charge in [-0.15, -0.1) is 0 Å². The molecule has 0 bridgehead atoms. The Morgan fingerprint density at radius 2 is 2.15 bits per heavy atom. The van der Waals surface area contributed by atoms with Crippen molar-refractivity contribution in [1.82, 2.24) is 20.1 Å². The van der Waals surface area contributed by atoms with Crippen molar-refractivity contribution in [3.63, 3.8) is 0 Å². The molecule has 1 atom stereocenters. The van der Waals surface area contributed by atoms with E-state index in [0.29, 0.717) is 6.04 Å². The first-order valence-electron chi connectivity index (χ1n) is 7.67. The van der Waals surface area contributed by atoms with Crippen molar-refractivity contribution < 1.29 is 0 Å². The highest BCUT2D eigenvalue weighted by molar-refractivity contribution is 5.78. The van der Waals surface area contributed by atoms with Gasteiger partial charge in [0.05, 0.1) is 5.69 Å². The third kappa shape index (κ3) is 2.57. The smallest absolute Gasteiger partial charge is 0.157 e. The minimum atomic E-state index is 0.600. The van der Waals surface area contributed by atoms with E-state index < -0.39 is 0 Å². The SMILES string of the molecule is Cc1nn(C)c2ncc(CN[C@@H](C)C3CCCC3)cc12. The van der Waals surface area contributed by atoms with Gasteiger partial charge in [-0.3, -0.25) is 4.68 Å². The van der Waals surface area contributed by atoms with Gasteiger partial charge in [-0.1, -0.05) is 12.8 Å². The molecule has 1 saturated carbocycles. The van der Waals surface area contributed by atoms with Gasteiger partial charge < -0.3 is 5.32 Å². The maximum Gasteiger partial charge on any atom is 0.157 e. The number of nitrogens with zero attached hydrogens (tertiary/aromatic N) is 3.